The van der Waals surface area contributed by atoms with E-state index in [0.717, 1.165) is 12.8 Å². The van der Waals surface area contributed by atoms with Gasteiger partial charge in [0.1, 0.15) is 0 Å². The first-order valence-corrected chi connectivity index (χ1v) is 7.34. The number of pyridine rings is 1. The first-order valence-electron chi connectivity index (χ1n) is 7.34. The molecule has 0 fully saturated rings. The highest BCUT2D eigenvalue weighted by Gasteiger charge is 2.18. The van der Waals surface area contributed by atoms with Crippen LogP contribution < -0.4 is 5.56 Å². The largest absolute Gasteiger partial charge is 0.462 e. The van der Waals surface area contributed by atoms with Crippen LogP contribution in [0.2, 0.25) is 0 Å². The first-order chi connectivity index (χ1) is 9.46. The molecule has 0 radical (unpaired) electrons. The van der Waals surface area contributed by atoms with Gasteiger partial charge in [0.25, 0.3) is 5.56 Å². The van der Waals surface area contributed by atoms with E-state index in [1.807, 2.05) is 6.92 Å². The Morgan fingerprint density at radius 1 is 1.25 bits per heavy atom. The molecule has 1 aromatic heterocycles. The van der Waals surface area contributed by atoms with Gasteiger partial charge in [0.15, 0.2) is 0 Å². The number of aryl methyl sites for hydroxylation is 1. The van der Waals surface area contributed by atoms with Gasteiger partial charge in [-0.1, -0.05) is 26.7 Å². The molecule has 0 aliphatic carbocycles. The Balaban J connectivity index is 3.29. The molecule has 4 nitrogen and oxygen atoms in total. The molecule has 20 heavy (non-hydrogen) atoms. The zero-order valence-electron chi connectivity index (χ0n) is 13.2. The normalized spacial score (nSPS) is 10.9. The van der Waals surface area contributed by atoms with Crippen LogP contribution in [0.3, 0.4) is 0 Å². The number of esters is 1. The van der Waals surface area contributed by atoms with E-state index in [4.69, 9.17) is 4.74 Å². The number of hydrogen-bond donors (Lipinski definition) is 0. The predicted octanol–water partition coefficient (Wildman–Crippen LogP) is 3.08. The minimum atomic E-state index is -0.346. The SMILES string of the molecule is CCOC(=O)c1c(C)cc(=O)n(CC(CC)CC)c1C. The Hall–Kier alpha value is -1.58. The molecule has 0 amide bonds. The molecule has 1 rings (SSSR count). The van der Waals surface area contributed by atoms with Gasteiger partial charge in [-0.15, -0.1) is 0 Å². The van der Waals surface area contributed by atoms with Gasteiger partial charge in [-0.25, -0.2) is 4.79 Å². The van der Waals surface area contributed by atoms with E-state index in [-0.39, 0.29) is 11.5 Å². The lowest BCUT2D eigenvalue weighted by Gasteiger charge is -2.19. The number of carbonyl (C=O) groups is 1. The Kier molecular flexibility index (Phi) is 5.99. The van der Waals surface area contributed by atoms with E-state index in [2.05, 4.69) is 13.8 Å². The summed E-state index contributed by atoms with van der Waals surface area (Å²) in [6.45, 7) is 10.6. The van der Waals surface area contributed by atoms with E-state index >= 15 is 0 Å². The minimum absolute atomic E-state index is 0.0417. The van der Waals surface area contributed by atoms with Gasteiger partial charge in [0.2, 0.25) is 0 Å². The lowest BCUT2D eigenvalue weighted by Crippen LogP contribution is -2.28. The van der Waals surface area contributed by atoms with Crippen molar-refractivity contribution in [3.8, 4) is 0 Å². The fraction of sp³-hybridized carbons (Fsp3) is 0.625. The van der Waals surface area contributed by atoms with Crippen LogP contribution >= 0.6 is 0 Å². The lowest BCUT2D eigenvalue weighted by molar-refractivity contribution is 0.0523. The third kappa shape index (κ3) is 3.50. The molecule has 4 heteroatoms. The number of nitrogens with zero attached hydrogens (tertiary/aromatic N) is 1. The number of rotatable bonds is 6. The van der Waals surface area contributed by atoms with E-state index < -0.39 is 0 Å². The van der Waals surface area contributed by atoms with Crippen molar-refractivity contribution in [2.75, 3.05) is 6.61 Å². The summed E-state index contributed by atoms with van der Waals surface area (Å²) in [7, 11) is 0. The highest BCUT2D eigenvalue weighted by molar-refractivity contribution is 5.92. The monoisotopic (exact) mass is 279 g/mol. The fourth-order valence-corrected chi connectivity index (χ4v) is 2.46. The summed E-state index contributed by atoms with van der Waals surface area (Å²) in [4.78, 5) is 24.2. The second-order valence-electron chi connectivity index (χ2n) is 5.14. The maximum Gasteiger partial charge on any atom is 0.340 e. The first kappa shape index (κ1) is 16.5. The average Bonchev–Trinajstić information content (AvgIpc) is 2.39. The van der Waals surface area contributed by atoms with Crippen LogP contribution in [0.5, 0.6) is 0 Å². The third-order valence-corrected chi connectivity index (χ3v) is 3.84. The van der Waals surface area contributed by atoms with Crippen molar-refractivity contribution in [3.63, 3.8) is 0 Å². The summed E-state index contributed by atoms with van der Waals surface area (Å²) >= 11 is 0. The summed E-state index contributed by atoms with van der Waals surface area (Å²) in [5.41, 5.74) is 1.88. The van der Waals surface area contributed by atoms with Crippen LogP contribution in [0, 0.1) is 19.8 Å². The van der Waals surface area contributed by atoms with Crippen molar-refractivity contribution in [1.82, 2.24) is 4.57 Å². The van der Waals surface area contributed by atoms with Crippen LogP contribution in [-0.2, 0) is 11.3 Å². The standard InChI is InChI=1S/C16H25NO3/c1-6-13(7-2)10-17-12(5)15(16(19)20-8-3)11(4)9-14(17)18/h9,13H,6-8,10H2,1-5H3. The summed E-state index contributed by atoms with van der Waals surface area (Å²) in [6, 6.07) is 1.53. The molecule has 0 aliphatic rings. The molecule has 0 aliphatic heterocycles. The average molecular weight is 279 g/mol. The summed E-state index contributed by atoms with van der Waals surface area (Å²) in [6.07, 6.45) is 2.04. The number of carbonyl (C=O) groups excluding carboxylic acids is 1. The summed E-state index contributed by atoms with van der Waals surface area (Å²) < 4.78 is 6.79. The van der Waals surface area contributed by atoms with E-state index in [1.165, 1.54) is 6.07 Å². The van der Waals surface area contributed by atoms with Crippen LogP contribution in [0.25, 0.3) is 0 Å². The quantitative estimate of drug-likeness (QED) is 0.752. The maximum atomic E-state index is 12.2. The number of hydrogen-bond acceptors (Lipinski definition) is 3. The molecule has 1 heterocycles. The minimum Gasteiger partial charge on any atom is -0.462 e. The van der Waals surface area contributed by atoms with Crippen molar-refractivity contribution in [1.29, 1.82) is 0 Å². The van der Waals surface area contributed by atoms with Crippen molar-refractivity contribution >= 4 is 5.97 Å². The van der Waals surface area contributed by atoms with E-state index in [1.54, 1.807) is 18.4 Å². The van der Waals surface area contributed by atoms with Gasteiger partial charge in [-0.3, -0.25) is 4.79 Å². The van der Waals surface area contributed by atoms with Gasteiger partial charge >= 0.3 is 5.97 Å². The van der Waals surface area contributed by atoms with Gasteiger partial charge in [0, 0.05) is 18.3 Å². The highest BCUT2D eigenvalue weighted by Crippen LogP contribution is 2.16. The third-order valence-electron chi connectivity index (χ3n) is 3.84. The Labute approximate surface area is 120 Å². The topological polar surface area (TPSA) is 48.3 Å². The molecule has 1 aromatic rings. The van der Waals surface area contributed by atoms with Gasteiger partial charge in [-0.2, -0.15) is 0 Å². The Bertz CT molecular complexity index is 527. The van der Waals surface area contributed by atoms with E-state index in [9.17, 15) is 9.59 Å². The summed E-state index contributed by atoms with van der Waals surface area (Å²) in [5.74, 6) is 0.102. The predicted molar refractivity (Wildman–Crippen MR) is 80.2 cm³/mol. The van der Waals surface area contributed by atoms with Crippen molar-refractivity contribution in [2.24, 2.45) is 5.92 Å². The van der Waals surface area contributed by atoms with Crippen LogP contribution in [0.1, 0.15) is 55.2 Å². The fourth-order valence-electron chi connectivity index (χ4n) is 2.46. The maximum absolute atomic E-state index is 12.2. The lowest BCUT2D eigenvalue weighted by atomic mass is 10.0. The Morgan fingerprint density at radius 2 is 1.85 bits per heavy atom. The smallest absolute Gasteiger partial charge is 0.340 e. The molecule has 0 bridgehead atoms. The van der Waals surface area contributed by atoms with Crippen molar-refractivity contribution in [2.45, 2.75) is 54.0 Å². The molecular weight excluding hydrogens is 254 g/mol. The van der Waals surface area contributed by atoms with Gasteiger partial charge in [0.05, 0.1) is 12.2 Å². The second kappa shape index (κ2) is 7.27. The molecule has 0 N–H and O–H groups in total. The molecule has 0 aromatic carbocycles. The Morgan fingerprint density at radius 3 is 2.35 bits per heavy atom. The molecule has 0 spiro atoms. The zero-order valence-corrected chi connectivity index (χ0v) is 13.2. The second-order valence-corrected chi connectivity index (χ2v) is 5.14. The van der Waals surface area contributed by atoms with Crippen molar-refractivity contribution < 1.29 is 9.53 Å². The van der Waals surface area contributed by atoms with Crippen molar-refractivity contribution in [3.05, 3.63) is 33.2 Å². The molecule has 0 atom stereocenters. The van der Waals surface area contributed by atoms with Gasteiger partial charge in [-0.05, 0) is 32.3 Å². The molecule has 112 valence electrons. The zero-order chi connectivity index (χ0) is 15.3. The number of ether oxygens (including phenoxy) is 1. The van der Waals surface area contributed by atoms with Crippen LogP contribution in [0.15, 0.2) is 10.9 Å². The number of aromatic nitrogens is 1. The highest BCUT2D eigenvalue weighted by atomic mass is 16.5. The van der Waals surface area contributed by atoms with Crippen LogP contribution in [0.4, 0.5) is 0 Å². The molecular formula is C16H25NO3. The summed E-state index contributed by atoms with van der Waals surface area (Å²) in [5, 5.41) is 0. The molecule has 0 saturated carbocycles. The van der Waals surface area contributed by atoms with E-state index in [0.29, 0.717) is 35.9 Å². The van der Waals surface area contributed by atoms with Crippen LogP contribution in [-0.4, -0.2) is 17.1 Å². The molecule has 0 unspecified atom stereocenters. The molecule has 0 saturated heterocycles. The van der Waals surface area contributed by atoms with Gasteiger partial charge < -0.3 is 9.30 Å².